The van der Waals surface area contributed by atoms with Gasteiger partial charge in [0.2, 0.25) is 0 Å². The molecule has 0 atom stereocenters. The van der Waals surface area contributed by atoms with Gasteiger partial charge >= 0.3 is 0 Å². The highest BCUT2D eigenvalue weighted by Crippen LogP contribution is 1.93. The third kappa shape index (κ3) is 2.15. The zero-order valence-electron chi connectivity index (χ0n) is 7.77. The molecule has 13 heavy (non-hydrogen) atoms. The molecule has 0 aliphatic carbocycles. The van der Waals surface area contributed by atoms with E-state index in [1.807, 2.05) is 32.2 Å². The van der Waals surface area contributed by atoms with Crippen molar-refractivity contribution in [2.75, 3.05) is 0 Å². The zero-order chi connectivity index (χ0) is 9.68. The second kappa shape index (κ2) is 4.40. The van der Waals surface area contributed by atoms with Gasteiger partial charge in [-0.25, -0.2) is 0 Å². The minimum absolute atomic E-state index is 0.198. The van der Waals surface area contributed by atoms with Gasteiger partial charge in [0.25, 0.3) is 5.56 Å². The Morgan fingerprint density at radius 2 is 1.92 bits per heavy atom. The summed E-state index contributed by atoms with van der Waals surface area (Å²) in [5, 5.41) is 0. The molecule has 0 saturated heterocycles. The second-order valence-electron chi connectivity index (χ2n) is 2.23. The molecule has 0 bridgehead atoms. The van der Waals surface area contributed by atoms with Gasteiger partial charge in [0, 0.05) is 18.5 Å². The summed E-state index contributed by atoms with van der Waals surface area (Å²) in [4.78, 5) is 14.5. The molecular formula is C10H12N2O. The lowest BCUT2D eigenvalue weighted by atomic mass is 10.4. The molecule has 0 unspecified atom stereocenters. The second-order valence-corrected chi connectivity index (χ2v) is 2.23. The van der Waals surface area contributed by atoms with Crippen molar-refractivity contribution in [1.29, 1.82) is 0 Å². The Kier molecular flexibility index (Phi) is 3.20. The number of hydrogen-bond acceptors (Lipinski definition) is 2. The SMILES string of the molecule is CC.O=c1ccn2ccccc2n1. The number of hydrogen-bond donors (Lipinski definition) is 0. The monoisotopic (exact) mass is 176 g/mol. The smallest absolute Gasteiger partial charge is 0.273 e. The molecule has 2 heterocycles. The summed E-state index contributed by atoms with van der Waals surface area (Å²) in [6.45, 7) is 4.00. The quantitative estimate of drug-likeness (QED) is 0.612. The van der Waals surface area contributed by atoms with E-state index < -0.39 is 0 Å². The summed E-state index contributed by atoms with van der Waals surface area (Å²) in [6, 6.07) is 6.97. The average Bonchev–Trinajstić information content (AvgIpc) is 2.21. The van der Waals surface area contributed by atoms with Crippen molar-refractivity contribution in [3.05, 3.63) is 47.0 Å². The fraction of sp³-hybridized carbons (Fsp3) is 0.200. The lowest BCUT2D eigenvalue weighted by Crippen LogP contribution is -2.05. The van der Waals surface area contributed by atoms with Crippen LogP contribution in [0.15, 0.2) is 41.5 Å². The van der Waals surface area contributed by atoms with Gasteiger partial charge in [-0.05, 0) is 12.1 Å². The number of aromatic nitrogens is 2. The summed E-state index contributed by atoms with van der Waals surface area (Å²) in [5.41, 5.74) is 0.483. The first-order chi connectivity index (χ1) is 6.36. The fourth-order valence-corrected chi connectivity index (χ4v) is 0.962. The Labute approximate surface area is 76.7 Å². The topological polar surface area (TPSA) is 34.4 Å². The highest BCUT2D eigenvalue weighted by Gasteiger charge is 1.89. The minimum atomic E-state index is -0.198. The largest absolute Gasteiger partial charge is 0.308 e. The summed E-state index contributed by atoms with van der Waals surface area (Å²) in [5.74, 6) is 0. The van der Waals surface area contributed by atoms with Gasteiger partial charge in [0.15, 0.2) is 0 Å². The predicted molar refractivity (Wildman–Crippen MR) is 52.8 cm³/mol. The van der Waals surface area contributed by atoms with Crippen LogP contribution in [0.5, 0.6) is 0 Å². The molecule has 0 fully saturated rings. The van der Waals surface area contributed by atoms with Gasteiger partial charge in [-0.1, -0.05) is 19.9 Å². The van der Waals surface area contributed by atoms with Crippen molar-refractivity contribution in [3.8, 4) is 0 Å². The molecule has 68 valence electrons. The number of nitrogens with zero attached hydrogens (tertiary/aromatic N) is 2. The van der Waals surface area contributed by atoms with Crippen LogP contribution >= 0.6 is 0 Å². The average molecular weight is 176 g/mol. The van der Waals surface area contributed by atoms with Crippen molar-refractivity contribution >= 4 is 5.65 Å². The highest BCUT2D eigenvalue weighted by atomic mass is 16.1. The van der Waals surface area contributed by atoms with E-state index in [4.69, 9.17) is 0 Å². The number of rotatable bonds is 0. The van der Waals surface area contributed by atoms with Crippen LogP contribution in [0, 0.1) is 0 Å². The molecule has 0 spiro atoms. The van der Waals surface area contributed by atoms with Crippen LogP contribution in [-0.4, -0.2) is 9.38 Å². The molecule has 0 amide bonds. The van der Waals surface area contributed by atoms with Crippen LogP contribution in [0.25, 0.3) is 5.65 Å². The zero-order valence-corrected chi connectivity index (χ0v) is 7.77. The van der Waals surface area contributed by atoms with Gasteiger partial charge in [-0.3, -0.25) is 4.79 Å². The lowest BCUT2D eigenvalue weighted by molar-refractivity contribution is 1.07. The van der Waals surface area contributed by atoms with E-state index in [0.717, 1.165) is 0 Å². The Morgan fingerprint density at radius 1 is 1.15 bits per heavy atom. The minimum Gasteiger partial charge on any atom is -0.308 e. The summed E-state index contributed by atoms with van der Waals surface area (Å²) < 4.78 is 1.79. The van der Waals surface area contributed by atoms with E-state index in [2.05, 4.69) is 4.98 Å². The summed E-state index contributed by atoms with van der Waals surface area (Å²) >= 11 is 0. The standard InChI is InChI=1S/C8H6N2O.C2H6/c11-8-4-6-10-5-2-1-3-7(10)9-8;1-2/h1-6H;1-2H3. The van der Waals surface area contributed by atoms with Crippen LogP contribution in [0.1, 0.15) is 13.8 Å². The van der Waals surface area contributed by atoms with E-state index in [1.165, 1.54) is 6.07 Å². The molecule has 0 aliphatic heterocycles. The Hall–Kier alpha value is -1.64. The van der Waals surface area contributed by atoms with Gasteiger partial charge in [0.1, 0.15) is 5.65 Å². The normalized spacial score (nSPS) is 9.08. The molecule has 0 N–H and O–H groups in total. The molecule has 3 heteroatoms. The summed E-state index contributed by atoms with van der Waals surface area (Å²) in [6.07, 6.45) is 3.55. The van der Waals surface area contributed by atoms with E-state index in [-0.39, 0.29) is 5.56 Å². The van der Waals surface area contributed by atoms with Gasteiger partial charge < -0.3 is 4.40 Å². The van der Waals surface area contributed by atoms with E-state index in [0.29, 0.717) is 5.65 Å². The molecule has 2 aromatic rings. The molecule has 2 rings (SSSR count). The fourth-order valence-electron chi connectivity index (χ4n) is 0.962. The van der Waals surface area contributed by atoms with Crippen LogP contribution in [0.2, 0.25) is 0 Å². The van der Waals surface area contributed by atoms with Gasteiger partial charge in [0.05, 0.1) is 0 Å². The van der Waals surface area contributed by atoms with Gasteiger partial charge in [-0.2, -0.15) is 4.98 Å². The first-order valence-corrected chi connectivity index (χ1v) is 4.30. The highest BCUT2D eigenvalue weighted by molar-refractivity contribution is 5.35. The van der Waals surface area contributed by atoms with E-state index >= 15 is 0 Å². The molecule has 3 nitrogen and oxygen atoms in total. The maximum atomic E-state index is 10.8. The van der Waals surface area contributed by atoms with Crippen molar-refractivity contribution in [1.82, 2.24) is 9.38 Å². The van der Waals surface area contributed by atoms with E-state index in [1.54, 1.807) is 16.7 Å². The molecule has 0 aliphatic rings. The third-order valence-electron chi connectivity index (χ3n) is 1.47. The van der Waals surface area contributed by atoms with Crippen molar-refractivity contribution in [2.24, 2.45) is 0 Å². The predicted octanol–water partition coefficient (Wildman–Crippen LogP) is 1.72. The van der Waals surface area contributed by atoms with Crippen LogP contribution in [-0.2, 0) is 0 Å². The first kappa shape index (κ1) is 9.45. The number of pyridine rings is 1. The first-order valence-electron chi connectivity index (χ1n) is 4.30. The molecular weight excluding hydrogens is 164 g/mol. The van der Waals surface area contributed by atoms with Crippen LogP contribution in [0.4, 0.5) is 0 Å². The van der Waals surface area contributed by atoms with Gasteiger partial charge in [-0.15, -0.1) is 0 Å². The number of fused-ring (bicyclic) bond motifs is 1. The Bertz CT molecular complexity index is 434. The molecule has 0 radical (unpaired) electrons. The van der Waals surface area contributed by atoms with E-state index in [9.17, 15) is 4.79 Å². The maximum Gasteiger partial charge on any atom is 0.273 e. The van der Waals surface area contributed by atoms with Crippen molar-refractivity contribution in [2.45, 2.75) is 13.8 Å². The Morgan fingerprint density at radius 3 is 2.69 bits per heavy atom. The van der Waals surface area contributed by atoms with Crippen molar-refractivity contribution in [3.63, 3.8) is 0 Å². The summed E-state index contributed by atoms with van der Waals surface area (Å²) in [7, 11) is 0. The van der Waals surface area contributed by atoms with Crippen LogP contribution in [0.3, 0.4) is 0 Å². The molecule has 2 aromatic heterocycles. The van der Waals surface area contributed by atoms with Crippen molar-refractivity contribution < 1.29 is 0 Å². The third-order valence-corrected chi connectivity index (χ3v) is 1.47. The van der Waals surface area contributed by atoms with Crippen LogP contribution < -0.4 is 5.56 Å². The lowest BCUT2D eigenvalue weighted by Gasteiger charge is -1.95. The Balaban J connectivity index is 0.000000396. The molecule has 0 saturated carbocycles. The maximum absolute atomic E-state index is 10.8. The molecule has 0 aromatic carbocycles.